The van der Waals surface area contributed by atoms with Crippen molar-refractivity contribution in [3.63, 3.8) is 0 Å². The summed E-state index contributed by atoms with van der Waals surface area (Å²) in [5.41, 5.74) is 0. The number of hydrogen-bond donors (Lipinski definition) is 1. The lowest BCUT2D eigenvalue weighted by atomic mass is 10.1. The van der Waals surface area contributed by atoms with Crippen LogP contribution >= 0.6 is 0 Å². The van der Waals surface area contributed by atoms with Crippen molar-refractivity contribution in [3.8, 4) is 0 Å². The first-order valence-corrected chi connectivity index (χ1v) is 13.4. The van der Waals surface area contributed by atoms with Crippen molar-refractivity contribution < 1.29 is 24.2 Å². The zero-order chi connectivity index (χ0) is 25.2. The van der Waals surface area contributed by atoms with Gasteiger partial charge in [-0.25, -0.2) is 0 Å². The Morgan fingerprint density at radius 2 is 1.65 bits per heavy atom. The highest BCUT2D eigenvalue weighted by Crippen LogP contribution is 2.15. The van der Waals surface area contributed by atoms with Crippen LogP contribution in [0.25, 0.3) is 0 Å². The second-order valence-electron chi connectivity index (χ2n) is 9.95. The lowest BCUT2D eigenvalue weighted by molar-refractivity contribution is -0.144. The van der Waals surface area contributed by atoms with Crippen molar-refractivity contribution in [2.24, 2.45) is 0 Å². The fraction of sp³-hybridized carbons (Fsp3) is 0.923. The molecule has 8 heteroatoms. The molecule has 1 heterocycles. The maximum atomic E-state index is 12.1. The number of likely N-dealkylation sites (N-methyl/N-ethyl adjacent to an activating group) is 1. The fourth-order valence-corrected chi connectivity index (χ4v) is 4.66. The first-order chi connectivity index (χ1) is 16.4. The van der Waals surface area contributed by atoms with Crippen LogP contribution in [0, 0.1) is 0 Å². The van der Waals surface area contributed by atoms with Crippen molar-refractivity contribution in [1.82, 2.24) is 14.7 Å². The summed E-state index contributed by atoms with van der Waals surface area (Å²) in [7, 11) is 2.00. The number of piperazine rings is 1. The lowest BCUT2D eigenvalue weighted by Crippen LogP contribution is -2.57. The number of esters is 1. The third-order valence-electron chi connectivity index (χ3n) is 6.78. The van der Waals surface area contributed by atoms with Gasteiger partial charge in [0.2, 0.25) is 0 Å². The molecule has 8 nitrogen and oxygen atoms in total. The summed E-state index contributed by atoms with van der Waals surface area (Å²) < 4.78 is 10.3. The van der Waals surface area contributed by atoms with Crippen molar-refractivity contribution in [2.45, 2.75) is 96.7 Å². The third-order valence-corrected chi connectivity index (χ3v) is 6.78. The van der Waals surface area contributed by atoms with E-state index in [0.29, 0.717) is 44.7 Å². The van der Waals surface area contributed by atoms with Gasteiger partial charge in [-0.3, -0.25) is 19.4 Å². The van der Waals surface area contributed by atoms with E-state index in [2.05, 4.69) is 35.5 Å². The van der Waals surface area contributed by atoms with Crippen LogP contribution in [0.1, 0.15) is 78.6 Å². The summed E-state index contributed by atoms with van der Waals surface area (Å²) in [5.74, 6) is -0.147. The quantitative estimate of drug-likeness (QED) is 0.160. The molecule has 0 aromatic rings. The van der Waals surface area contributed by atoms with E-state index in [-0.39, 0.29) is 12.1 Å². The topological polar surface area (TPSA) is 82.6 Å². The molecule has 0 radical (unpaired) electrons. The summed E-state index contributed by atoms with van der Waals surface area (Å²) in [5, 5.41) is 10.2. The van der Waals surface area contributed by atoms with Gasteiger partial charge in [0, 0.05) is 51.2 Å². The summed E-state index contributed by atoms with van der Waals surface area (Å²) in [6.45, 7) is 12.7. The molecular formula is C26H51N3O5. The van der Waals surface area contributed by atoms with Gasteiger partial charge in [-0.2, -0.15) is 0 Å². The Morgan fingerprint density at radius 3 is 2.29 bits per heavy atom. The van der Waals surface area contributed by atoms with Crippen molar-refractivity contribution in [3.05, 3.63) is 0 Å². The molecule has 1 N–H and O–H groups in total. The van der Waals surface area contributed by atoms with Crippen LogP contribution < -0.4 is 0 Å². The number of carbonyl (C=O) groups is 2. The largest absolute Gasteiger partial charge is 0.467 e. The van der Waals surface area contributed by atoms with Gasteiger partial charge in [-0.15, -0.1) is 0 Å². The van der Waals surface area contributed by atoms with Crippen LogP contribution in [0.5, 0.6) is 0 Å². The van der Waals surface area contributed by atoms with E-state index in [0.717, 1.165) is 52.0 Å². The van der Waals surface area contributed by atoms with Gasteiger partial charge in [-0.05, 0) is 40.3 Å². The van der Waals surface area contributed by atoms with Crippen molar-refractivity contribution in [2.75, 3.05) is 59.5 Å². The molecule has 3 unspecified atom stereocenters. The minimum atomic E-state index is -0.287. The van der Waals surface area contributed by atoms with Crippen LogP contribution in [0.15, 0.2) is 0 Å². The van der Waals surface area contributed by atoms with Crippen LogP contribution in [-0.4, -0.2) is 110 Å². The van der Waals surface area contributed by atoms with Crippen molar-refractivity contribution >= 4 is 12.4 Å². The van der Waals surface area contributed by atoms with E-state index in [1.807, 2.05) is 7.05 Å². The maximum Gasteiger partial charge on any atom is 0.305 e. The molecule has 1 aliphatic heterocycles. The third kappa shape index (κ3) is 14.2. The molecule has 0 saturated carbocycles. The summed E-state index contributed by atoms with van der Waals surface area (Å²) in [6.07, 6.45) is 9.16. The van der Waals surface area contributed by atoms with E-state index in [4.69, 9.17) is 9.47 Å². The van der Waals surface area contributed by atoms with Gasteiger partial charge in [0.05, 0.1) is 6.10 Å². The van der Waals surface area contributed by atoms with E-state index in [9.17, 15) is 14.7 Å². The van der Waals surface area contributed by atoms with Crippen LogP contribution in [-0.2, 0) is 19.1 Å². The molecule has 0 aromatic carbocycles. The van der Waals surface area contributed by atoms with Gasteiger partial charge in [0.25, 0.3) is 6.47 Å². The van der Waals surface area contributed by atoms with Crippen LogP contribution in [0.3, 0.4) is 0 Å². The number of hydrogen-bond acceptors (Lipinski definition) is 8. The van der Waals surface area contributed by atoms with Crippen LogP contribution in [0.2, 0.25) is 0 Å². The van der Waals surface area contributed by atoms with Gasteiger partial charge >= 0.3 is 5.97 Å². The highest BCUT2D eigenvalue weighted by atomic mass is 16.5. The second-order valence-corrected chi connectivity index (χ2v) is 9.95. The average molecular weight is 486 g/mol. The molecule has 1 rings (SSSR count). The number of unbranched alkanes of at least 4 members (excludes halogenated alkanes) is 5. The number of rotatable bonds is 20. The molecule has 0 amide bonds. The van der Waals surface area contributed by atoms with E-state index in [1.54, 1.807) is 0 Å². The van der Waals surface area contributed by atoms with E-state index < -0.39 is 0 Å². The predicted molar refractivity (Wildman–Crippen MR) is 136 cm³/mol. The molecular weight excluding hydrogens is 434 g/mol. The molecule has 0 aromatic heterocycles. The van der Waals surface area contributed by atoms with E-state index in [1.165, 1.54) is 32.1 Å². The Kier molecular flexibility index (Phi) is 17.2. The van der Waals surface area contributed by atoms with Crippen LogP contribution in [0.4, 0.5) is 0 Å². The fourth-order valence-electron chi connectivity index (χ4n) is 4.66. The Hall–Kier alpha value is -1.22. The zero-order valence-electron chi connectivity index (χ0n) is 22.3. The molecule has 1 fully saturated rings. The normalized spacial score (nSPS) is 20.4. The van der Waals surface area contributed by atoms with Gasteiger partial charge in [-0.1, -0.05) is 45.4 Å². The molecule has 0 aliphatic carbocycles. The second kappa shape index (κ2) is 19.0. The Morgan fingerprint density at radius 1 is 1.03 bits per heavy atom. The number of carbonyl (C=O) groups excluding carboxylic acids is 2. The minimum absolute atomic E-state index is 0.147. The van der Waals surface area contributed by atoms with Gasteiger partial charge < -0.3 is 19.5 Å². The summed E-state index contributed by atoms with van der Waals surface area (Å²) >= 11 is 0. The Labute approximate surface area is 207 Å². The van der Waals surface area contributed by atoms with E-state index >= 15 is 0 Å². The average Bonchev–Trinajstić information content (AvgIpc) is 2.79. The number of aliphatic hydroxyl groups is 1. The Bertz CT molecular complexity index is 537. The first-order valence-electron chi connectivity index (χ1n) is 13.4. The molecule has 0 bridgehead atoms. The van der Waals surface area contributed by atoms with Gasteiger partial charge in [0.15, 0.2) is 0 Å². The predicted octanol–water partition coefficient (Wildman–Crippen LogP) is 2.92. The SMILES string of the molecule is CCCCCCCCC(O)CN(C)CCCC(=O)OCCN1CC(C)N(CCOC=O)CC1C. The summed E-state index contributed by atoms with van der Waals surface area (Å²) in [4.78, 5) is 29.2. The smallest absolute Gasteiger partial charge is 0.305 e. The standard InChI is InChI=1S/C26H51N3O5/c1-5-6-7-8-9-10-12-25(31)21-27(4)14-11-13-26(32)34-18-16-29-20-23(2)28(19-24(29)3)15-17-33-22-30/h22-25,31H,5-21H2,1-4H3. The molecule has 1 saturated heterocycles. The monoisotopic (exact) mass is 485 g/mol. The number of ether oxygens (including phenoxy) is 2. The number of aliphatic hydroxyl groups excluding tert-OH is 1. The highest BCUT2D eigenvalue weighted by Gasteiger charge is 2.28. The van der Waals surface area contributed by atoms with Gasteiger partial charge in [0.1, 0.15) is 13.2 Å². The maximum absolute atomic E-state index is 12.1. The number of nitrogens with zero attached hydrogens (tertiary/aromatic N) is 3. The summed E-state index contributed by atoms with van der Waals surface area (Å²) in [6, 6.07) is 0.733. The van der Waals surface area contributed by atoms with Crippen molar-refractivity contribution in [1.29, 1.82) is 0 Å². The molecule has 200 valence electrons. The molecule has 3 atom stereocenters. The highest BCUT2D eigenvalue weighted by molar-refractivity contribution is 5.69. The molecule has 1 aliphatic rings. The minimum Gasteiger partial charge on any atom is -0.467 e. The first kappa shape index (κ1) is 30.8. The Balaban J connectivity index is 2.09. The molecule has 0 spiro atoms. The zero-order valence-corrected chi connectivity index (χ0v) is 22.3. The molecule has 34 heavy (non-hydrogen) atoms. The lowest BCUT2D eigenvalue weighted by Gasteiger charge is -2.43.